The molecule has 1 aromatic rings. The van der Waals surface area contributed by atoms with Crippen molar-refractivity contribution in [2.45, 2.75) is 44.4 Å². The SMILES string of the molecule is Cc1cc(F)ccc1[C@H]1C[C@@H]([C@@H]2N=CC(C(F)(F)F)=CN2C(F)(F)F)CCN1C(=O)O. The Morgan fingerprint density at radius 2 is 1.87 bits per heavy atom. The summed E-state index contributed by atoms with van der Waals surface area (Å²) in [6.45, 7) is 1.40. The number of alkyl halides is 6. The van der Waals surface area contributed by atoms with Gasteiger partial charge in [0.25, 0.3) is 0 Å². The van der Waals surface area contributed by atoms with Gasteiger partial charge in [0, 0.05) is 24.9 Å². The molecule has 1 N–H and O–H groups in total. The summed E-state index contributed by atoms with van der Waals surface area (Å²) in [5.41, 5.74) is -0.704. The number of likely N-dealkylation sites (tertiary alicyclic amines) is 1. The Morgan fingerprint density at radius 1 is 1.19 bits per heavy atom. The molecule has 1 saturated heterocycles. The highest BCUT2D eigenvalue weighted by Crippen LogP contribution is 2.42. The molecule has 1 fully saturated rings. The van der Waals surface area contributed by atoms with Gasteiger partial charge in [-0.3, -0.25) is 9.89 Å². The third-order valence-corrected chi connectivity index (χ3v) is 5.45. The topological polar surface area (TPSA) is 56.1 Å². The van der Waals surface area contributed by atoms with Gasteiger partial charge >= 0.3 is 18.6 Å². The second-order valence-electron chi connectivity index (χ2n) is 7.43. The lowest BCUT2D eigenvalue weighted by Crippen LogP contribution is -2.51. The number of benzene rings is 1. The number of amides is 1. The maximum absolute atomic E-state index is 13.5. The Bertz CT molecular complexity index is 911. The summed E-state index contributed by atoms with van der Waals surface area (Å²) in [5.74, 6) is -1.45. The van der Waals surface area contributed by atoms with Crippen LogP contribution in [-0.2, 0) is 0 Å². The second kappa shape index (κ2) is 8.04. The Labute approximate surface area is 172 Å². The number of hydrogen-bond donors (Lipinski definition) is 1. The van der Waals surface area contributed by atoms with Gasteiger partial charge in [0.1, 0.15) is 12.0 Å². The third kappa shape index (κ3) is 4.77. The van der Waals surface area contributed by atoms with Crippen LogP contribution in [0.2, 0.25) is 0 Å². The van der Waals surface area contributed by atoms with Gasteiger partial charge in [-0.2, -0.15) is 26.3 Å². The van der Waals surface area contributed by atoms with Crippen molar-refractivity contribution in [3.05, 3.63) is 46.9 Å². The summed E-state index contributed by atoms with van der Waals surface area (Å²) in [4.78, 5) is 15.9. The molecule has 2 aliphatic heterocycles. The molecule has 0 aliphatic carbocycles. The van der Waals surface area contributed by atoms with Gasteiger partial charge in [0.15, 0.2) is 0 Å². The van der Waals surface area contributed by atoms with Crippen molar-refractivity contribution >= 4 is 12.3 Å². The predicted molar refractivity (Wildman–Crippen MR) is 95.6 cm³/mol. The zero-order valence-corrected chi connectivity index (χ0v) is 16.1. The Morgan fingerprint density at radius 3 is 2.42 bits per heavy atom. The van der Waals surface area contributed by atoms with E-state index in [1.165, 1.54) is 12.1 Å². The van der Waals surface area contributed by atoms with Gasteiger partial charge < -0.3 is 10.0 Å². The van der Waals surface area contributed by atoms with E-state index in [1.54, 1.807) is 6.92 Å². The van der Waals surface area contributed by atoms with Crippen LogP contribution in [0.3, 0.4) is 0 Å². The van der Waals surface area contributed by atoms with Crippen LogP contribution in [0.5, 0.6) is 0 Å². The molecule has 3 atom stereocenters. The molecule has 3 rings (SSSR count). The van der Waals surface area contributed by atoms with Gasteiger partial charge in [-0.15, -0.1) is 0 Å². The average Bonchev–Trinajstić information content (AvgIpc) is 2.65. The normalized spacial score (nSPS) is 24.9. The summed E-state index contributed by atoms with van der Waals surface area (Å²) in [6.07, 6.45) is -12.9. The van der Waals surface area contributed by atoms with Crippen LogP contribution in [0, 0.1) is 18.7 Å². The molecule has 0 radical (unpaired) electrons. The van der Waals surface area contributed by atoms with Crippen LogP contribution in [0.15, 0.2) is 35.0 Å². The molecule has 2 aliphatic rings. The minimum absolute atomic E-state index is 0.0145. The summed E-state index contributed by atoms with van der Waals surface area (Å²) in [6, 6.07) is 2.76. The predicted octanol–water partition coefficient (Wildman–Crippen LogP) is 5.24. The van der Waals surface area contributed by atoms with Crippen molar-refractivity contribution < 1.29 is 40.6 Å². The van der Waals surface area contributed by atoms with Gasteiger partial charge in [0.05, 0.1) is 11.6 Å². The molecule has 0 unspecified atom stereocenters. The van der Waals surface area contributed by atoms with E-state index < -0.39 is 48.1 Å². The maximum atomic E-state index is 13.5. The minimum atomic E-state index is -5.12. The van der Waals surface area contributed by atoms with E-state index >= 15 is 0 Å². The van der Waals surface area contributed by atoms with Crippen molar-refractivity contribution in [1.29, 1.82) is 0 Å². The van der Waals surface area contributed by atoms with Crippen LogP contribution >= 0.6 is 0 Å². The van der Waals surface area contributed by atoms with Crippen LogP contribution in [0.25, 0.3) is 0 Å². The van der Waals surface area contributed by atoms with Gasteiger partial charge in [0.2, 0.25) is 0 Å². The minimum Gasteiger partial charge on any atom is -0.465 e. The molecular formula is C19H18F7N3O2. The number of halogens is 7. The van der Waals surface area contributed by atoms with Crippen molar-refractivity contribution in [2.75, 3.05) is 6.54 Å². The van der Waals surface area contributed by atoms with Crippen molar-refractivity contribution in [2.24, 2.45) is 10.9 Å². The molecule has 2 heterocycles. The number of allylic oxidation sites excluding steroid dienone is 1. The molecule has 0 aromatic heterocycles. The molecule has 0 saturated carbocycles. The lowest BCUT2D eigenvalue weighted by Gasteiger charge is -2.44. The highest BCUT2D eigenvalue weighted by Gasteiger charge is 2.48. The zero-order chi connectivity index (χ0) is 23.1. The van der Waals surface area contributed by atoms with E-state index in [0.29, 0.717) is 17.3 Å². The van der Waals surface area contributed by atoms with Gasteiger partial charge in [-0.05, 0) is 43.0 Å². The zero-order valence-electron chi connectivity index (χ0n) is 16.1. The van der Waals surface area contributed by atoms with Crippen molar-refractivity contribution in [3.63, 3.8) is 0 Å². The molecule has 1 amide bonds. The quantitative estimate of drug-likeness (QED) is 0.492. The number of nitrogens with zero attached hydrogens (tertiary/aromatic N) is 3. The second-order valence-corrected chi connectivity index (χ2v) is 7.43. The summed E-state index contributed by atoms with van der Waals surface area (Å²) in [5, 5.41) is 9.51. The molecule has 0 spiro atoms. The van der Waals surface area contributed by atoms with E-state index in [0.717, 1.165) is 11.0 Å². The first kappa shape index (κ1) is 22.9. The molecule has 31 heavy (non-hydrogen) atoms. The van der Waals surface area contributed by atoms with Crippen LogP contribution in [-0.4, -0.2) is 52.4 Å². The molecule has 170 valence electrons. The first-order valence-corrected chi connectivity index (χ1v) is 9.22. The first-order chi connectivity index (χ1) is 14.3. The summed E-state index contributed by atoms with van der Waals surface area (Å²) in [7, 11) is 0. The molecular weight excluding hydrogens is 435 g/mol. The Hall–Kier alpha value is -2.79. The average molecular weight is 453 g/mol. The van der Waals surface area contributed by atoms with E-state index in [9.17, 15) is 40.6 Å². The fourth-order valence-corrected chi connectivity index (χ4v) is 4.01. The van der Waals surface area contributed by atoms with Gasteiger partial charge in [-0.25, -0.2) is 9.18 Å². The lowest BCUT2D eigenvalue weighted by atomic mass is 9.83. The lowest BCUT2D eigenvalue weighted by molar-refractivity contribution is -0.246. The third-order valence-electron chi connectivity index (χ3n) is 5.45. The number of hydrogen-bond acceptors (Lipinski definition) is 3. The number of piperidine rings is 1. The standard InChI is InChI=1S/C19H18F7N3O2/c1-10-6-13(20)2-3-14(10)15-7-11(4-5-28(15)17(30)31)16-27-8-12(18(21,22)23)9-29(16)19(24,25)26/h2-3,6,8-9,11,15-16H,4-5,7H2,1H3,(H,30,31)/t11-,15+,16+/m0/s1. The molecule has 12 heteroatoms. The van der Waals surface area contributed by atoms with E-state index in [1.807, 2.05) is 0 Å². The number of carbonyl (C=O) groups is 1. The van der Waals surface area contributed by atoms with Gasteiger partial charge in [-0.1, -0.05) is 6.07 Å². The number of aryl methyl sites for hydroxylation is 1. The Balaban J connectivity index is 1.95. The highest BCUT2D eigenvalue weighted by atomic mass is 19.4. The monoisotopic (exact) mass is 453 g/mol. The number of rotatable bonds is 2. The first-order valence-electron chi connectivity index (χ1n) is 9.22. The molecule has 0 bridgehead atoms. The van der Waals surface area contributed by atoms with E-state index in [2.05, 4.69) is 4.99 Å². The fraction of sp³-hybridized carbons (Fsp3) is 0.474. The van der Waals surface area contributed by atoms with E-state index in [4.69, 9.17) is 0 Å². The summed E-state index contributed by atoms with van der Waals surface area (Å²) < 4.78 is 92.8. The largest absolute Gasteiger partial charge is 0.486 e. The Kier molecular flexibility index (Phi) is 5.94. The number of aliphatic imine (C=N–C) groups is 1. The summed E-state index contributed by atoms with van der Waals surface area (Å²) >= 11 is 0. The van der Waals surface area contributed by atoms with E-state index in [-0.39, 0.29) is 30.5 Å². The van der Waals surface area contributed by atoms with Crippen LogP contribution in [0.4, 0.5) is 35.5 Å². The molecule has 1 aromatic carbocycles. The van der Waals surface area contributed by atoms with Crippen molar-refractivity contribution in [3.8, 4) is 0 Å². The number of carboxylic acid groups (broad SMARTS) is 1. The smallest absolute Gasteiger partial charge is 0.465 e. The maximum Gasteiger partial charge on any atom is 0.486 e. The molecule has 5 nitrogen and oxygen atoms in total. The fourth-order valence-electron chi connectivity index (χ4n) is 4.01. The van der Waals surface area contributed by atoms with Crippen LogP contribution < -0.4 is 0 Å². The van der Waals surface area contributed by atoms with Crippen molar-refractivity contribution in [1.82, 2.24) is 9.80 Å². The highest BCUT2D eigenvalue weighted by molar-refractivity contribution is 5.81. The van der Waals surface area contributed by atoms with Crippen LogP contribution in [0.1, 0.15) is 30.0 Å².